The molecule has 0 aromatic heterocycles. The second-order valence-electron chi connectivity index (χ2n) is 4.56. The van der Waals surface area contributed by atoms with Crippen LogP contribution in [0.5, 0.6) is 5.75 Å². The van der Waals surface area contributed by atoms with Crippen LogP contribution < -0.4 is 10.1 Å². The highest BCUT2D eigenvalue weighted by molar-refractivity contribution is 5.85. The van der Waals surface area contributed by atoms with Crippen molar-refractivity contribution in [3.8, 4) is 5.75 Å². The van der Waals surface area contributed by atoms with E-state index in [-0.39, 0.29) is 23.8 Å². The number of rotatable bonds is 0. The maximum atomic E-state index is 13.5. The van der Waals surface area contributed by atoms with E-state index in [0.29, 0.717) is 6.42 Å². The quantitative estimate of drug-likeness (QED) is 0.775. The summed E-state index contributed by atoms with van der Waals surface area (Å²) in [7, 11) is 0. The molecule has 0 amide bonds. The van der Waals surface area contributed by atoms with Gasteiger partial charge in [0.2, 0.25) is 5.82 Å². The van der Waals surface area contributed by atoms with Crippen LogP contribution in [0, 0.1) is 11.6 Å². The van der Waals surface area contributed by atoms with Gasteiger partial charge in [-0.3, -0.25) is 0 Å². The van der Waals surface area contributed by atoms with Crippen LogP contribution in [0.15, 0.2) is 12.1 Å². The molecule has 5 heteroatoms. The molecule has 1 spiro atoms. The van der Waals surface area contributed by atoms with Crippen molar-refractivity contribution in [2.75, 3.05) is 13.1 Å². The fraction of sp³-hybridized carbons (Fsp3) is 0.500. The minimum Gasteiger partial charge on any atom is -0.483 e. The first-order valence-electron chi connectivity index (χ1n) is 5.57. The summed E-state index contributed by atoms with van der Waals surface area (Å²) in [5.74, 6) is -1.54. The zero-order valence-corrected chi connectivity index (χ0v) is 10.1. The minimum absolute atomic E-state index is 0. The minimum atomic E-state index is -0.840. The number of hydrogen-bond donors (Lipinski definition) is 1. The number of ether oxygens (including phenoxy) is 1. The molecule has 94 valence electrons. The second kappa shape index (κ2) is 4.42. The third kappa shape index (κ3) is 2.00. The van der Waals surface area contributed by atoms with E-state index < -0.39 is 11.6 Å². The molecule has 1 saturated heterocycles. The highest BCUT2D eigenvalue weighted by atomic mass is 35.5. The first kappa shape index (κ1) is 12.6. The average Bonchev–Trinajstić information content (AvgIpc) is 2.64. The molecule has 2 aliphatic rings. The van der Waals surface area contributed by atoms with Gasteiger partial charge in [-0.2, -0.15) is 4.39 Å². The summed E-state index contributed by atoms with van der Waals surface area (Å²) >= 11 is 0. The molecule has 0 bridgehead atoms. The Balaban J connectivity index is 0.00000108. The van der Waals surface area contributed by atoms with Gasteiger partial charge in [-0.1, -0.05) is 6.07 Å². The first-order chi connectivity index (χ1) is 7.70. The van der Waals surface area contributed by atoms with E-state index in [1.807, 2.05) is 0 Å². The molecular weight excluding hydrogens is 248 g/mol. The maximum absolute atomic E-state index is 13.5. The summed E-state index contributed by atoms with van der Waals surface area (Å²) in [6, 6.07) is 2.81. The van der Waals surface area contributed by atoms with E-state index in [0.717, 1.165) is 31.5 Å². The number of fused-ring (bicyclic) bond motifs is 1. The Morgan fingerprint density at radius 3 is 2.59 bits per heavy atom. The Bertz CT molecular complexity index is 433. The molecule has 2 aliphatic heterocycles. The second-order valence-corrected chi connectivity index (χ2v) is 4.56. The van der Waals surface area contributed by atoms with Crippen LogP contribution in [0.4, 0.5) is 8.78 Å². The Kier molecular flexibility index (Phi) is 3.27. The van der Waals surface area contributed by atoms with Gasteiger partial charge in [0, 0.05) is 12.0 Å². The van der Waals surface area contributed by atoms with Crippen molar-refractivity contribution in [1.29, 1.82) is 0 Å². The predicted octanol–water partition coefficient (Wildman–Crippen LogP) is 2.44. The zero-order chi connectivity index (χ0) is 11.2. The molecule has 2 nitrogen and oxygen atoms in total. The van der Waals surface area contributed by atoms with Gasteiger partial charge in [0.05, 0.1) is 0 Å². The highest BCUT2D eigenvalue weighted by Gasteiger charge is 2.41. The standard InChI is InChI=1S/C12H13F2NO.ClH/c13-9-2-1-8-7-12(3-5-15-6-4-12)16-11(8)10(9)14;/h1-2,15H,3-7H2;1H. The van der Waals surface area contributed by atoms with Gasteiger partial charge in [-0.05, 0) is 32.0 Å². The van der Waals surface area contributed by atoms with E-state index in [1.165, 1.54) is 6.07 Å². The normalized spacial score (nSPS) is 20.6. The first-order valence-corrected chi connectivity index (χ1v) is 5.57. The molecule has 3 rings (SSSR count). The van der Waals surface area contributed by atoms with Gasteiger partial charge in [-0.25, -0.2) is 4.39 Å². The molecule has 0 saturated carbocycles. The van der Waals surface area contributed by atoms with Gasteiger partial charge >= 0.3 is 0 Å². The number of halogens is 3. The summed E-state index contributed by atoms with van der Waals surface area (Å²) in [5.41, 5.74) is 0.489. The SMILES string of the molecule is Cl.Fc1ccc2c(c1F)OC1(CCNCC1)C2. The van der Waals surface area contributed by atoms with Crippen LogP contribution in [-0.4, -0.2) is 18.7 Å². The molecule has 1 N–H and O–H groups in total. The van der Waals surface area contributed by atoms with Crippen molar-refractivity contribution >= 4 is 12.4 Å². The van der Waals surface area contributed by atoms with Crippen LogP contribution in [0.3, 0.4) is 0 Å². The summed E-state index contributed by atoms with van der Waals surface area (Å²) in [5, 5.41) is 3.24. The van der Waals surface area contributed by atoms with Gasteiger partial charge in [-0.15, -0.1) is 12.4 Å². The lowest BCUT2D eigenvalue weighted by Crippen LogP contribution is -2.45. The molecule has 1 aromatic rings. The molecule has 1 fully saturated rings. The fourth-order valence-electron chi connectivity index (χ4n) is 2.58. The van der Waals surface area contributed by atoms with E-state index in [1.54, 1.807) is 6.07 Å². The topological polar surface area (TPSA) is 21.3 Å². The van der Waals surface area contributed by atoms with Crippen LogP contribution >= 0.6 is 12.4 Å². The number of benzene rings is 1. The van der Waals surface area contributed by atoms with Crippen molar-refractivity contribution in [3.63, 3.8) is 0 Å². The van der Waals surface area contributed by atoms with Crippen molar-refractivity contribution in [2.45, 2.75) is 24.9 Å². The zero-order valence-electron chi connectivity index (χ0n) is 9.26. The number of nitrogens with one attached hydrogen (secondary N) is 1. The van der Waals surface area contributed by atoms with E-state index >= 15 is 0 Å². The largest absolute Gasteiger partial charge is 0.483 e. The smallest absolute Gasteiger partial charge is 0.200 e. The lowest BCUT2D eigenvalue weighted by molar-refractivity contribution is 0.0562. The molecule has 0 aliphatic carbocycles. The van der Waals surface area contributed by atoms with Crippen LogP contribution in [0.1, 0.15) is 18.4 Å². The summed E-state index contributed by atoms with van der Waals surface area (Å²) in [6.07, 6.45) is 2.40. The molecule has 0 radical (unpaired) electrons. The van der Waals surface area contributed by atoms with Crippen LogP contribution in [0.25, 0.3) is 0 Å². The summed E-state index contributed by atoms with van der Waals surface area (Å²) in [4.78, 5) is 0. The third-order valence-electron chi connectivity index (χ3n) is 3.48. The van der Waals surface area contributed by atoms with Crippen molar-refractivity contribution in [2.24, 2.45) is 0 Å². The molecule has 0 unspecified atom stereocenters. The van der Waals surface area contributed by atoms with E-state index in [2.05, 4.69) is 5.32 Å². The van der Waals surface area contributed by atoms with Gasteiger partial charge < -0.3 is 10.1 Å². The fourth-order valence-corrected chi connectivity index (χ4v) is 2.58. The van der Waals surface area contributed by atoms with E-state index in [4.69, 9.17) is 4.74 Å². The average molecular weight is 262 g/mol. The predicted molar refractivity (Wildman–Crippen MR) is 62.8 cm³/mol. The lowest BCUT2D eigenvalue weighted by Gasteiger charge is -2.33. The van der Waals surface area contributed by atoms with Crippen molar-refractivity contribution in [3.05, 3.63) is 29.3 Å². The van der Waals surface area contributed by atoms with Gasteiger partial charge in [0.25, 0.3) is 0 Å². The molecular formula is C12H14ClF2NO. The number of piperidine rings is 1. The lowest BCUT2D eigenvalue weighted by atomic mass is 9.88. The Morgan fingerprint density at radius 1 is 1.18 bits per heavy atom. The van der Waals surface area contributed by atoms with Crippen LogP contribution in [0.2, 0.25) is 0 Å². The maximum Gasteiger partial charge on any atom is 0.200 e. The Morgan fingerprint density at radius 2 is 1.88 bits per heavy atom. The monoisotopic (exact) mass is 261 g/mol. The number of hydrogen-bond acceptors (Lipinski definition) is 2. The van der Waals surface area contributed by atoms with E-state index in [9.17, 15) is 8.78 Å². The molecule has 17 heavy (non-hydrogen) atoms. The Labute approximate surface area is 105 Å². The van der Waals surface area contributed by atoms with Gasteiger partial charge in [0.15, 0.2) is 11.6 Å². The van der Waals surface area contributed by atoms with Crippen molar-refractivity contribution in [1.82, 2.24) is 5.32 Å². The summed E-state index contributed by atoms with van der Waals surface area (Å²) < 4.78 is 32.3. The highest BCUT2D eigenvalue weighted by Crippen LogP contribution is 2.41. The molecule has 1 aromatic carbocycles. The van der Waals surface area contributed by atoms with Crippen molar-refractivity contribution < 1.29 is 13.5 Å². The van der Waals surface area contributed by atoms with Gasteiger partial charge in [0.1, 0.15) is 5.60 Å². The molecule has 0 atom stereocenters. The van der Waals surface area contributed by atoms with Crippen LogP contribution in [-0.2, 0) is 6.42 Å². The Hall–Kier alpha value is -0.870. The molecule has 2 heterocycles. The third-order valence-corrected chi connectivity index (χ3v) is 3.48. The summed E-state index contributed by atoms with van der Waals surface area (Å²) in [6.45, 7) is 1.75.